The number of amidine groups is 1. The lowest BCUT2D eigenvalue weighted by Gasteiger charge is -2.24. The van der Waals surface area contributed by atoms with Gasteiger partial charge in [0.2, 0.25) is 5.91 Å². The normalized spacial score (nSPS) is 24.8. The average Bonchev–Trinajstić information content (AvgIpc) is 3.06. The maximum absolute atomic E-state index is 12.0. The Morgan fingerprint density at radius 3 is 2.81 bits per heavy atom. The molecule has 2 aliphatic heterocycles. The van der Waals surface area contributed by atoms with E-state index in [1.807, 2.05) is 29.2 Å². The molecule has 146 valence electrons. The number of rotatable bonds is 6. The number of methoxy groups -OCH3 is 1. The maximum atomic E-state index is 12.0. The van der Waals surface area contributed by atoms with Gasteiger partial charge in [-0.15, -0.1) is 0 Å². The number of carbonyl (C=O) groups excluding carboxylic acids is 1. The Morgan fingerprint density at radius 2 is 2.11 bits per heavy atom. The van der Waals surface area contributed by atoms with Crippen molar-refractivity contribution in [2.75, 3.05) is 18.6 Å². The van der Waals surface area contributed by atoms with Crippen LogP contribution < -0.4 is 4.74 Å². The largest absolute Gasteiger partial charge is 0.497 e. The molecule has 2 saturated heterocycles. The molecule has 2 aliphatic rings. The molecule has 2 fully saturated rings. The van der Waals surface area contributed by atoms with Gasteiger partial charge in [0.15, 0.2) is 15.0 Å². The topological polar surface area (TPSA) is 113 Å². The van der Waals surface area contributed by atoms with Crippen molar-refractivity contribution in [1.29, 1.82) is 0 Å². The molecule has 0 bridgehead atoms. The molecule has 1 aromatic rings. The van der Waals surface area contributed by atoms with Crippen molar-refractivity contribution in [2.24, 2.45) is 4.99 Å². The quantitative estimate of drug-likeness (QED) is 0.740. The number of sulfone groups is 1. The molecule has 0 aliphatic carbocycles. The van der Waals surface area contributed by atoms with Gasteiger partial charge in [-0.05, 0) is 17.7 Å². The van der Waals surface area contributed by atoms with Crippen molar-refractivity contribution in [3.05, 3.63) is 29.8 Å². The number of nitrogens with zero attached hydrogens (tertiary/aromatic N) is 2. The predicted molar refractivity (Wildman–Crippen MR) is 102 cm³/mol. The standard InChI is InChI=1S/C17H20N2O6S2/c1-25-12-4-2-3-11(7-12)8-19-13-9-27(23,24)10-14(13)26-17(19)18-15(20)5-6-16(21)22/h2-4,7,13-14H,5-6,8-10H2,1H3,(H,21,22)/t13-,14+/m0/s1. The first-order valence-corrected chi connectivity index (χ1v) is 11.1. The lowest BCUT2D eigenvalue weighted by Crippen LogP contribution is -2.37. The number of ether oxygens (including phenoxy) is 1. The van der Waals surface area contributed by atoms with Gasteiger partial charge in [0.05, 0.1) is 31.1 Å². The van der Waals surface area contributed by atoms with Gasteiger partial charge in [-0.1, -0.05) is 23.9 Å². The smallest absolute Gasteiger partial charge is 0.303 e. The van der Waals surface area contributed by atoms with Crippen molar-refractivity contribution in [3.63, 3.8) is 0 Å². The van der Waals surface area contributed by atoms with Crippen molar-refractivity contribution in [3.8, 4) is 5.75 Å². The molecular weight excluding hydrogens is 392 g/mol. The average molecular weight is 412 g/mol. The van der Waals surface area contributed by atoms with Crippen molar-refractivity contribution >= 4 is 38.6 Å². The summed E-state index contributed by atoms with van der Waals surface area (Å²) in [5.41, 5.74) is 0.908. The van der Waals surface area contributed by atoms with Gasteiger partial charge >= 0.3 is 5.97 Å². The summed E-state index contributed by atoms with van der Waals surface area (Å²) in [6.45, 7) is 0.395. The molecule has 0 radical (unpaired) electrons. The number of thioether (sulfide) groups is 1. The summed E-state index contributed by atoms with van der Waals surface area (Å²) >= 11 is 1.28. The lowest BCUT2D eigenvalue weighted by molar-refractivity contribution is -0.138. The highest BCUT2D eigenvalue weighted by atomic mass is 32.2. The maximum Gasteiger partial charge on any atom is 0.303 e. The van der Waals surface area contributed by atoms with E-state index in [2.05, 4.69) is 4.99 Å². The van der Waals surface area contributed by atoms with Crippen molar-refractivity contribution < 1.29 is 27.9 Å². The Labute approximate surface area is 161 Å². The van der Waals surface area contributed by atoms with Crippen LogP contribution in [0.15, 0.2) is 29.3 Å². The number of hydrogen-bond acceptors (Lipinski definition) is 6. The number of aliphatic carboxylic acids is 1. The fourth-order valence-electron chi connectivity index (χ4n) is 3.16. The van der Waals surface area contributed by atoms with E-state index in [-0.39, 0.29) is 35.6 Å². The van der Waals surface area contributed by atoms with Gasteiger partial charge in [0, 0.05) is 18.2 Å². The first-order valence-electron chi connectivity index (χ1n) is 8.37. The molecule has 10 heteroatoms. The lowest BCUT2D eigenvalue weighted by atomic mass is 10.1. The molecule has 0 aromatic heterocycles. The molecule has 27 heavy (non-hydrogen) atoms. The summed E-state index contributed by atoms with van der Waals surface area (Å²) in [5, 5.41) is 9.00. The highest BCUT2D eigenvalue weighted by Crippen LogP contribution is 2.39. The number of carboxylic acid groups (broad SMARTS) is 1. The Balaban J connectivity index is 1.83. The molecule has 2 atom stereocenters. The zero-order chi connectivity index (χ0) is 19.6. The van der Waals surface area contributed by atoms with Crippen molar-refractivity contribution in [1.82, 2.24) is 4.90 Å². The molecule has 2 heterocycles. The van der Waals surface area contributed by atoms with Gasteiger partial charge in [0.1, 0.15) is 5.75 Å². The third kappa shape index (κ3) is 4.81. The first kappa shape index (κ1) is 19.7. The molecule has 1 aromatic carbocycles. The highest BCUT2D eigenvalue weighted by Gasteiger charge is 2.48. The van der Waals surface area contributed by atoms with Crippen LogP contribution in [0.25, 0.3) is 0 Å². The summed E-state index contributed by atoms with van der Waals surface area (Å²) in [4.78, 5) is 28.6. The molecular formula is C17H20N2O6S2. The van der Waals surface area contributed by atoms with Gasteiger partial charge in [-0.25, -0.2) is 8.42 Å². The van der Waals surface area contributed by atoms with E-state index in [0.29, 0.717) is 17.5 Å². The molecule has 0 unspecified atom stereocenters. The van der Waals surface area contributed by atoms with Crippen LogP contribution in [-0.4, -0.2) is 65.4 Å². The zero-order valence-electron chi connectivity index (χ0n) is 14.7. The van der Waals surface area contributed by atoms with E-state index in [0.717, 1.165) is 5.56 Å². The number of benzene rings is 1. The fraction of sp³-hybridized carbons (Fsp3) is 0.471. The Morgan fingerprint density at radius 1 is 1.33 bits per heavy atom. The zero-order valence-corrected chi connectivity index (χ0v) is 16.3. The second-order valence-electron chi connectivity index (χ2n) is 6.46. The van der Waals surface area contributed by atoms with Crippen LogP contribution in [0.1, 0.15) is 18.4 Å². The Bertz CT molecular complexity index is 883. The van der Waals surface area contributed by atoms with E-state index >= 15 is 0 Å². The first-order chi connectivity index (χ1) is 12.8. The van der Waals surface area contributed by atoms with Gasteiger partial charge in [-0.2, -0.15) is 4.99 Å². The predicted octanol–water partition coefficient (Wildman–Crippen LogP) is 1.16. The van der Waals surface area contributed by atoms with Gasteiger partial charge < -0.3 is 14.7 Å². The Kier molecular flexibility index (Phi) is 5.75. The molecule has 0 saturated carbocycles. The summed E-state index contributed by atoms with van der Waals surface area (Å²) < 4.78 is 29.3. The molecule has 3 rings (SSSR count). The highest BCUT2D eigenvalue weighted by molar-refractivity contribution is 8.15. The van der Waals surface area contributed by atoms with E-state index in [9.17, 15) is 18.0 Å². The Hall–Kier alpha value is -2.07. The van der Waals surface area contributed by atoms with E-state index in [1.54, 1.807) is 7.11 Å². The second kappa shape index (κ2) is 7.89. The molecule has 1 amide bonds. The van der Waals surface area contributed by atoms with E-state index < -0.39 is 21.7 Å². The molecule has 1 N–H and O–H groups in total. The van der Waals surface area contributed by atoms with E-state index in [1.165, 1.54) is 11.8 Å². The van der Waals surface area contributed by atoms with Crippen LogP contribution >= 0.6 is 11.8 Å². The number of carbonyl (C=O) groups is 2. The number of amides is 1. The third-order valence-corrected chi connectivity index (χ3v) is 7.68. The summed E-state index contributed by atoms with van der Waals surface area (Å²) in [6.07, 6.45) is -0.461. The minimum Gasteiger partial charge on any atom is -0.497 e. The number of fused-ring (bicyclic) bond motifs is 1. The monoisotopic (exact) mass is 412 g/mol. The van der Waals surface area contributed by atoms with E-state index in [4.69, 9.17) is 9.84 Å². The summed E-state index contributed by atoms with van der Waals surface area (Å²) in [7, 11) is -1.55. The van der Waals surface area contributed by atoms with Gasteiger partial charge in [-0.3, -0.25) is 9.59 Å². The van der Waals surface area contributed by atoms with Crippen molar-refractivity contribution in [2.45, 2.75) is 30.7 Å². The molecule has 8 nitrogen and oxygen atoms in total. The number of hydrogen-bond donors (Lipinski definition) is 1. The minimum atomic E-state index is -3.12. The second-order valence-corrected chi connectivity index (χ2v) is 9.82. The van der Waals surface area contributed by atoms with Crippen LogP contribution in [-0.2, 0) is 26.0 Å². The van der Waals surface area contributed by atoms with Gasteiger partial charge in [0.25, 0.3) is 0 Å². The fourth-order valence-corrected chi connectivity index (χ4v) is 7.13. The van der Waals surface area contributed by atoms with Crippen LogP contribution in [0.2, 0.25) is 0 Å². The third-order valence-electron chi connectivity index (χ3n) is 4.44. The minimum absolute atomic E-state index is 0.0248. The van der Waals surface area contributed by atoms with Crippen LogP contribution in [0.5, 0.6) is 5.75 Å². The number of carboxylic acids is 1. The van der Waals surface area contributed by atoms with Crippen LogP contribution in [0.3, 0.4) is 0 Å². The molecule has 0 spiro atoms. The summed E-state index contributed by atoms with van der Waals surface area (Å²) in [5.74, 6) is -0.806. The number of aliphatic imine (C=N–C) groups is 1. The summed E-state index contributed by atoms with van der Waals surface area (Å²) in [6, 6.07) is 7.15. The SMILES string of the molecule is COc1cccc(CN2C(=NC(=O)CCC(=O)O)S[C@@H]3CS(=O)(=O)C[C@@H]32)c1. The van der Waals surface area contributed by atoms with Crippen LogP contribution in [0.4, 0.5) is 0 Å². The van der Waals surface area contributed by atoms with Crippen LogP contribution in [0, 0.1) is 0 Å².